The van der Waals surface area contributed by atoms with E-state index in [4.69, 9.17) is 9.26 Å². The van der Waals surface area contributed by atoms with Gasteiger partial charge >= 0.3 is 12.1 Å². The highest BCUT2D eigenvalue weighted by Crippen LogP contribution is 2.44. The third-order valence-corrected chi connectivity index (χ3v) is 6.78. The highest BCUT2D eigenvalue weighted by atomic mass is 16.6. The normalized spacial score (nSPS) is 19.1. The molecule has 2 aromatic carbocycles. The number of carboxylic acids is 1. The molecule has 9 heteroatoms. The summed E-state index contributed by atoms with van der Waals surface area (Å²) in [7, 11) is 0. The van der Waals surface area contributed by atoms with Gasteiger partial charge in [-0.15, -0.1) is 0 Å². The minimum absolute atomic E-state index is 0.00125. The van der Waals surface area contributed by atoms with Crippen molar-refractivity contribution in [1.29, 1.82) is 0 Å². The minimum Gasteiger partial charge on any atom is -0.481 e. The number of carbonyl (C=O) groups excluding carboxylic acids is 2. The van der Waals surface area contributed by atoms with Crippen LogP contribution in [-0.2, 0) is 9.53 Å². The van der Waals surface area contributed by atoms with Crippen molar-refractivity contribution in [1.82, 2.24) is 10.1 Å². The number of ether oxygens (including phenoxy) is 1. The molecule has 2 N–H and O–H groups in total. The lowest BCUT2D eigenvalue weighted by molar-refractivity contribution is -0.143. The van der Waals surface area contributed by atoms with Gasteiger partial charge in [-0.05, 0) is 42.0 Å². The van der Waals surface area contributed by atoms with E-state index in [0.717, 1.165) is 22.3 Å². The van der Waals surface area contributed by atoms with Gasteiger partial charge in [0, 0.05) is 24.6 Å². The zero-order valence-corrected chi connectivity index (χ0v) is 19.1. The van der Waals surface area contributed by atoms with E-state index in [-0.39, 0.29) is 36.1 Å². The highest BCUT2D eigenvalue weighted by molar-refractivity contribution is 5.94. The molecule has 0 spiro atoms. The van der Waals surface area contributed by atoms with Crippen molar-refractivity contribution in [3.8, 4) is 11.1 Å². The molecular weight excluding hydrogens is 450 g/mol. The average Bonchev–Trinajstić information content (AvgIpc) is 3.45. The van der Waals surface area contributed by atoms with Crippen molar-refractivity contribution in [2.24, 2.45) is 5.92 Å². The molecule has 1 fully saturated rings. The van der Waals surface area contributed by atoms with Crippen LogP contribution in [0.5, 0.6) is 0 Å². The van der Waals surface area contributed by atoms with Crippen molar-refractivity contribution in [2.45, 2.75) is 31.7 Å². The van der Waals surface area contributed by atoms with E-state index in [2.05, 4.69) is 22.6 Å². The van der Waals surface area contributed by atoms with Gasteiger partial charge in [0.05, 0.1) is 5.92 Å². The standard InChI is InChI=1S/C26H25N3O6/c1-15-12-16(25(31)32)10-11-29(15)24(30)22-13-23(35-28-22)27-26(33)34-14-21-19-8-4-2-6-17(19)18-7-3-5-9-20(18)21/h2-9,13,15-16,21H,10-12,14H2,1H3,(H,27,33)(H,31,32)/t15-,16-/m1/s1. The summed E-state index contributed by atoms with van der Waals surface area (Å²) in [5.74, 6) is -1.75. The number of benzene rings is 2. The van der Waals surface area contributed by atoms with Crippen molar-refractivity contribution in [2.75, 3.05) is 18.5 Å². The van der Waals surface area contributed by atoms with Crippen LogP contribution in [0.4, 0.5) is 10.7 Å². The van der Waals surface area contributed by atoms with Gasteiger partial charge in [0.1, 0.15) is 6.61 Å². The van der Waals surface area contributed by atoms with Crippen LogP contribution in [0.25, 0.3) is 11.1 Å². The molecule has 2 amide bonds. The fraction of sp³-hybridized carbons (Fsp3) is 0.308. The highest BCUT2D eigenvalue weighted by Gasteiger charge is 2.34. The Hall–Kier alpha value is -4.14. The number of nitrogens with zero attached hydrogens (tertiary/aromatic N) is 2. The quantitative estimate of drug-likeness (QED) is 0.562. The molecule has 9 nitrogen and oxygen atoms in total. The molecule has 1 aliphatic heterocycles. The zero-order valence-electron chi connectivity index (χ0n) is 19.1. The van der Waals surface area contributed by atoms with E-state index in [1.165, 1.54) is 6.07 Å². The van der Waals surface area contributed by atoms with Gasteiger partial charge in [-0.3, -0.25) is 14.9 Å². The third-order valence-electron chi connectivity index (χ3n) is 6.78. The van der Waals surface area contributed by atoms with E-state index in [1.54, 1.807) is 4.90 Å². The van der Waals surface area contributed by atoms with Gasteiger partial charge in [0.15, 0.2) is 5.69 Å². The van der Waals surface area contributed by atoms with Crippen LogP contribution in [0.3, 0.4) is 0 Å². The minimum atomic E-state index is -0.847. The first-order chi connectivity index (χ1) is 16.9. The van der Waals surface area contributed by atoms with Crippen molar-refractivity contribution < 1.29 is 28.8 Å². The Morgan fingerprint density at radius 2 is 1.77 bits per heavy atom. The lowest BCUT2D eigenvalue weighted by Gasteiger charge is -2.35. The summed E-state index contributed by atoms with van der Waals surface area (Å²) in [6, 6.07) is 17.2. The molecule has 0 unspecified atom stereocenters. The SMILES string of the molecule is C[C@@H]1C[C@H](C(=O)O)CCN1C(=O)c1cc(NC(=O)OCC2c3ccccc3-c3ccccc32)on1. The number of carbonyl (C=O) groups is 3. The molecule has 2 aliphatic rings. The monoisotopic (exact) mass is 475 g/mol. The van der Waals surface area contributed by atoms with Gasteiger partial charge in [-0.25, -0.2) is 4.79 Å². The van der Waals surface area contributed by atoms with Crippen molar-refractivity contribution >= 4 is 23.9 Å². The summed E-state index contributed by atoms with van der Waals surface area (Å²) in [5, 5.41) is 15.5. The molecule has 2 heterocycles. The smallest absolute Gasteiger partial charge is 0.414 e. The lowest BCUT2D eigenvalue weighted by Crippen LogP contribution is -2.46. The zero-order chi connectivity index (χ0) is 24.5. The summed E-state index contributed by atoms with van der Waals surface area (Å²) in [4.78, 5) is 38.1. The number of aliphatic carboxylic acids is 1. The number of hydrogen-bond acceptors (Lipinski definition) is 6. The number of amides is 2. The molecule has 35 heavy (non-hydrogen) atoms. The molecule has 5 rings (SSSR count). The number of piperidine rings is 1. The number of rotatable bonds is 5. The number of fused-ring (bicyclic) bond motifs is 3. The van der Waals surface area contributed by atoms with Crippen LogP contribution in [0.2, 0.25) is 0 Å². The van der Waals surface area contributed by atoms with Crippen LogP contribution in [0.1, 0.15) is 47.3 Å². The average molecular weight is 476 g/mol. The Bertz CT molecular complexity index is 1240. The van der Waals surface area contributed by atoms with Gasteiger partial charge in [0.2, 0.25) is 5.88 Å². The first kappa shape index (κ1) is 22.6. The van der Waals surface area contributed by atoms with Crippen molar-refractivity contribution in [3.05, 3.63) is 71.4 Å². The summed E-state index contributed by atoms with van der Waals surface area (Å²) >= 11 is 0. The molecule has 3 aromatic rings. The van der Waals surface area contributed by atoms with Crippen molar-refractivity contribution in [3.63, 3.8) is 0 Å². The van der Waals surface area contributed by atoms with Crippen LogP contribution in [0.15, 0.2) is 59.1 Å². The molecule has 0 bridgehead atoms. The van der Waals surface area contributed by atoms with E-state index < -0.39 is 18.0 Å². The van der Waals surface area contributed by atoms with Crippen LogP contribution < -0.4 is 5.32 Å². The maximum absolute atomic E-state index is 12.8. The first-order valence-corrected chi connectivity index (χ1v) is 11.5. The van der Waals surface area contributed by atoms with Gasteiger partial charge in [0.25, 0.3) is 5.91 Å². The van der Waals surface area contributed by atoms with Gasteiger partial charge in [-0.2, -0.15) is 0 Å². The molecular formula is C26H25N3O6. The second kappa shape index (κ2) is 9.25. The van der Waals surface area contributed by atoms with Crippen LogP contribution >= 0.6 is 0 Å². The first-order valence-electron chi connectivity index (χ1n) is 11.5. The second-order valence-corrected chi connectivity index (χ2v) is 8.93. The Morgan fingerprint density at radius 3 is 2.40 bits per heavy atom. The number of likely N-dealkylation sites (tertiary alicyclic amines) is 1. The summed E-state index contributed by atoms with van der Waals surface area (Å²) in [5.41, 5.74) is 4.53. The van der Waals surface area contributed by atoms with Gasteiger partial charge < -0.3 is 19.3 Å². The molecule has 0 radical (unpaired) electrons. The summed E-state index contributed by atoms with van der Waals surface area (Å²) in [6.45, 7) is 2.28. The van der Waals surface area contributed by atoms with Gasteiger partial charge in [-0.1, -0.05) is 53.7 Å². The Morgan fingerprint density at radius 1 is 1.11 bits per heavy atom. The van der Waals surface area contributed by atoms with E-state index >= 15 is 0 Å². The number of aromatic nitrogens is 1. The largest absolute Gasteiger partial charge is 0.481 e. The molecule has 2 atom stereocenters. The fourth-order valence-corrected chi connectivity index (χ4v) is 5.02. The predicted molar refractivity (Wildman–Crippen MR) is 126 cm³/mol. The van der Waals surface area contributed by atoms with E-state index in [0.29, 0.717) is 19.4 Å². The van der Waals surface area contributed by atoms with Crippen LogP contribution in [0, 0.1) is 5.92 Å². The molecule has 0 saturated carbocycles. The Labute approximate surface area is 201 Å². The Kier molecular flexibility index (Phi) is 5.98. The maximum atomic E-state index is 12.8. The maximum Gasteiger partial charge on any atom is 0.414 e. The fourth-order valence-electron chi connectivity index (χ4n) is 5.02. The Balaban J connectivity index is 1.20. The third kappa shape index (κ3) is 4.37. The molecule has 1 aromatic heterocycles. The van der Waals surface area contributed by atoms with E-state index in [9.17, 15) is 19.5 Å². The topological polar surface area (TPSA) is 122 Å². The number of hydrogen-bond donors (Lipinski definition) is 2. The van der Waals surface area contributed by atoms with E-state index in [1.807, 2.05) is 43.3 Å². The van der Waals surface area contributed by atoms with Crippen LogP contribution in [-0.4, -0.2) is 52.3 Å². The molecule has 1 saturated heterocycles. The molecule has 1 aliphatic carbocycles. The second-order valence-electron chi connectivity index (χ2n) is 8.93. The number of carboxylic acid groups (broad SMARTS) is 1. The number of nitrogens with one attached hydrogen (secondary N) is 1. The lowest BCUT2D eigenvalue weighted by atomic mass is 9.91. The molecule has 180 valence electrons. The summed E-state index contributed by atoms with van der Waals surface area (Å²) in [6.07, 6.45) is 0.0513. The predicted octanol–water partition coefficient (Wildman–Crippen LogP) is 4.36. The summed E-state index contributed by atoms with van der Waals surface area (Å²) < 4.78 is 10.6. The number of anilines is 1.